The van der Waals surface area contributed by atoms with Crippen LogP contribution in [0, 0.1) is 0 Å². The van der Waals surface area contributed by atoms with Crippen LogP contribution in [0.4, 0.5) is 5.82 Å². The topological polar surface area (TPSA) is 105 Å². The largest absolute Gasteiger partial charge is 0.388 e. The van der Waals surface area contributed by atoms with Crippen LogP contribution in [0.25, 0.3) is 0 Å². The van der Waals surface area contributed by atoms with E-state index in [1.807, 2.05) is 6.26 Å². The standard InChI is InChI=1S/C10H17N3O3S2/c1-10(14,7-17-2)6-13-18(15,16)8-4-3-5-12-9(8)11/h3-5,13-14H,6-7H2,1-2H3,(H2,11,12). The molecule has 0 aliphatic heterocycles. The minimum Gasteiger partial charge on any atom is -0.388 e. The number of nitrogens with one attached hydrogen (secondary N) is 1. The Morgan fingerprint density at radius 1 is 1.61 bits per heavy atom. The number of anilines is 1. The Kier molecular flexibility index (Phi) is 4.97. The highest BCUT2D eigenvalue weighted by Gasteiger charge is 2.25. The van der Waals surface area contributed by atoms with E-state index in [0.717, 1.165) is 0 Å². The second kappa shape index (κ2) is 5.87. The predicted molar refractivity (Wildman–Crippen MR) is 72.8 cm³/mol. The van der Waals surface area contributed by atoms with Gasteiger partial charge in [-0.15, -0.1) is 0 Å². The minimum atomic E-state index is -3.75. The van der Waals surface area contributed by atoms with E-state index >= 15 is 0 Å². The Balaban J connectivity index is 2.81. The van der Waals surface area contributed by atoms with Gasteiger partial charge in [0.15, 0.2) is 0 Å². The molecule has 6 nitrogen and oxygen atoms in total. The minimum absolute atomic E-state index is 0.0606. The van der Waals surface area contributed by atoms with Crippen molar-refractivity contribution in [3.63, 3.8) is 0 Å². The first-order valence-electron chi connectivity index (χ1n) is 5.20. The molecule has 0 aliphatic rings. The van der Waals surface area contributed by atoms with Crippen molar-refractivity contribution in [2.24, 2.45) is 0 Å². The third-order valence-corrected chi connectivity index (χ3v) is 4.55. The number of nitrogens with zero attached hydrogens (tertiary/aromatic N) is 1. The van der Waals surface area contributed by atoms with Crippen molar-refractivity contribution in [1.82, 2.24) is 9.71 Å². The van der Waals surface area contributed by atoms with Gasteiger partial charge in [0.2, 0.25) is 10.0 Å². The Hall–Kier alpha value is -0.830. The molecule has 1 rings (SSSR count). The molecule has 0 bridgehead atoms. The van der Waals surface area contributed by atoms with E-state index in [1.54, 1.807) is 6.92 Å². The highest BCUT2D eigenvalue weighted by atomic mass is 32.2. The van der Waals surface area contributed by atoms with Crippen LogP contribution in [0.15, 0.2) is 23.2 Å². The molecular formula is C10H17N3O3S2. The van der Waals surface area contributed by atoms with E-state index < -0.39 is 15.6 Å². The summed E-state index contributed by atoms with van der Waals surface area (Å²) < 4.78 is 26.2. The number of pyridine rings is 1. The first-order valence-corrected chi connectivity index (χ1v) is 8.08. The van der Waals surface area contributed by atoms with Crippen molar-refractivity contribution < 1.29 is 13.5 Å². The summed E-state index contributed by atoms with van der Waals surface area (Å²) >= 11 is 1.44. The molecule has 4 N–H and O–H groups in total. The van der Waals surface area contributed by atoms with Crippen LogP contribution in [0.1, 0.15) is 6.92 Å². The summed E-state index contributed by atoms with van der Waals surface area (Å²) in [5.41, 5.74) is 4.40. The third kappa shape index (κ3) is 4.13. The summed E-state index contributed by atoms with van der Waals surface area (Å²) in [4.78, 5) is 3.64. The van der Waals surface area contributed by atoms with Crippen molar-refractivity contribution in [2.75, 3.05) is 24.3 Å². The van der Waals surface area contributed by atoms with Gasteiger partial charge in [-0.3, -0.25) is 0 Å². The van der Waals surface area contributed by atoms with Crippen LogP contribution in [0.3, 0.4) is 0 Å². The lowest BCUT2D eigenvalue weighted by Crippen LogP contribution is -2.42. The summed E-state index contributed by atoms with van der Waals surface area (Å²) in [6, 6.07) is 2.86. The third-order valence-electron chi connectivity index (χ3n) is 2.19. The molecule has 102 valence electrons. The highest BCUT2D eigenvalue weighted by molar-refractivity contribution is 7.98. The molecule has 0 aromatic carbocycles. The van der Waals surface area contributed by atoms with Crippen molar-refractivity contribution in [3.05, 3.63) is 18.3 Å². The molecule has 0 fully saturated rings. The van der Waals surface area contributed by atoms with E-state index in [1.165, 1.54) is 30.1 Å². The van der Waals surface area contributed by atoms with Gasteiger partial charge in [0.05, 0.1) is 5.60 Å². The Morgan fingerprint density at radius 3 is 2.83 bits per heavy atom. The van der Waals surface area contributed by atoms with Gasteiger partial charge < -0.3 is 10.8 Å². The van der Waals surface area contributed by atoms with Gasteiger partial charge in [-0.2, -0.15) is 11.8 Å². The molecule has 0 amide bonds. The van der Waals surface area contributed by atoms with E-state index in [2.05, 4.69) is 9.71 Å². The van der Waals surface area contributed by atoms with Crippen LogP contribution < -0.4 is 10.5 Å². The number of sulfonamides is 1. The van der Waals surface area contributed by atoms with E-state index in [9.17, 15) is 13.5 Å². The number of hydrogen-bond donors (Lipinski definition) is 3. The molecule has 1 atom stereocenters. The summed E-state index contributed by atoms with van der Waals surface area (Å²) in [7, 11) is -3.75. The van der Waals surface area contributed by atoms with Gasteiger partial charge in [0.25, 0.3) is 0 Å². The predicted octanol–water partition coefficient (Wildman–Crippen LogP) is 0.0561. The lowest BCUT2D eigenvalue weighted by Gasteiger charge is -2.22. The highest BCUT2D eigenvalue weighted by Crippen LogP contribution is 2.16. The molecule has 0 spiro atoms. The molecular weight excluding hydrogens is 274 g/mol. The number of aromatic nitrogens is 1. The molecule has 1 aromatic rings. The Morgan fingerprint density at radius 2 is 2.28 bits per heavy atom. The first kappa shape index (κ1) is 15.2. The number of hydrogen-bond acceptors (Lipinski definition) is 6. The molecule has 1 unspecified atom stereocenters. The normalized spacial score (nSPS) is 15.3. The van der Waals surface area contributed by atoms with E-state index in [4.69, 9.17) is 5.73 Å². The van der Waals surface area contributed by atoms with Gasteiger partial charge in [0, 0.05) is 18.5 Å². The average molecular weight is 291 g/mol. The first-order chi connectivity index (χ1) is 8.28. The zero-order chi connectivity index (χ0) is 13.8. The van der Waals surface area contributed by atoms with Gasteiger partial charge in [-0.25, -0.2) is 18.1 Å². The van der Waals surface area contributed by atoms with Crippen LogP contribution in [-0.4, -0.2) is 42.7 Å². The van der Waals surface area contributed by atoms with Gasteiger partial charge in [0.1, 0.15) is 10.7 Å². The van der Waals surface area contributed by atoms with Crippen LogP contribution >= 0.6 is 11.8 Å². The maximum absolute atomic E-state index is 12.0. The zero-order valence-electron chi connectivity index (χ0n) is 10.3. The SMILES string of the molecule is CSCC(C)(O)CNS(=O)(=O)c1cccnc1N. The number of aliphatic hydroxyl groups is 1. The number of nitrogen functional groups attached to an aromatic ring is 1. The van der Waals surface area contributed by atoms with Crippen LogP contribution in [0.5, 0.6) is 0 Å². The lowest BCUT2D eigenvalue weighted by molar-refractivity contribution is 0.0908. The maximum atomic E-state index is 12.0. The van der Waals surface area contributed by atoms with Gasteiger partial charge in [-0.1, -0.05) is 0 Å². The van der Waals surface area contributed by atoms with Crippen molar-refractivity contribution in [2.45, 2.75) is 17.4 Å². The number of rotatable bonds is 6. The Bertz CT molecular complexity index is 503. The molecule has 1 aromatic heterocycles. The fourth-order valence-corrected chi connectivity index (χ4v) is 3.29. The summed E-state index contributed by atoms with van der Waals surface area (Å²) in [6.07, 6.45) is 3.25. The van der Waals surface area contributed by atoms with Crippen molar-refractivity contribution in [3.8, 4) is 0 Å². The molecule has 18 heavy (non-hydrogen) atoms. The summed E-state index contributed by atoms with van der Waals surface area (Å²) in [5.74, 6) is 0.368. The summed E-state index contributed by atoms with van der Waals surface area (Å²) in [6.45, 7) is 1.49. The smallest absolute Gasteiger partial charge is 0.244 e. The van der Waals surface area contributed by atoms with E-state index in [0.29, 0.717) is 5.75 Å². The van der Waals surface area contributed by atoms with E-state index in [-0.39, 0.29) is 17.3 Å². The fourth-order valence-electron chi connectivity index (χ4n) is 1.32. The maximum Gasteiger partial charge on any atom is 0.244 e. The molecule has 1 heterocycles. The lowest BCUT2D eigenvalue weighted by atomic mass is 10.1. The quantitative estimate of drug-likeness (QED) is 0.684. The zero-order valence-corrected chi connectivity index (χ0v) is 11.9. The summed E-state index contributed by atoms with van der Waals surface area (Å²) in [5, 5.41) is 9.90. The molecule has 0 radical (unpaired) electrons. The van der Waals surface area contributed by atoms with Crippen molar-refractivity contribution in [1.29, 1.82) is 0 Å². The monoisotopic (exact) mass is 291 g/mol. The Labute approximate surface area is 111 Å². The molecule has 0 saturated carbocycles. The second-order valence-electron chi connectivity index (χ2n) is 4.14. The number of nitrogens with two attached hydrogens (primary N) is 1. The molecule has 0 aliphatic carbocycles. The van der Waals surface area contributed by atoms with Crippen molar-refractivity contribution >= 4 is 27.6 Å². The average Bonchev–Trinajstić information content (AvgIpc) is 2.27. The number of thioether (sulfide) groups is 1. The van der Waals surface area contributed by atoms with Crippen LogP contribution in [-0.2, 0) is 10.0 Å². The van der Waals surface area contributed by atoms with Crippen LogP contribution in [0.2, 0.25) is 0 Å². The fraction of sp³-hybridized carbons (Fsp3) is 0.500. The molecule has 0 saturated heterocycles. The molecule has 8 heteroatoms. The van der Waals surface area contributed by atoms with Gasteiger partial charge in [-0.05, 0) is 25.3 Å². The van der Waals surface area contributed by atoms with Gasteiger partial charge >= 0.3 is 0 Å². The second-order valence-corrected chi connectivity index (χ2v) is 6.74.